The molecule has 0 aromatic carbocycles. The summed E-state index contributed by atoms with van der Waals surface area (Å²) in [6.07, 6.45) is 17.9. The lowest BCUT2D eigenvalue weighted by molar-refractivity contribution is -0.0517. The van der Waals surface area contributed by atoms with Crippen molar-refractivity contribution in [1.29, 1.82) is 0 Å². The highest BCUT2D eigenvalue weighted by molar-refractivity contribution is 5.31. The third-order valence-corrected chi connectivity index (χ3v) is 7.45. The minimum atomic E-state index is 0.303. The maximum atomic E-state index is 10.0. The molecule has 3 fully saturated rings. The van der Waals surface area contributed by atoms with Crippen LogP contribution in [0.1, 0.15) is 58.3 Å². The van der Waals surface area contributed by atoms with E-state index in [0.29, 0.717) is 17.4 Å². The number of rotatable bonds is 1. The lowest BCUT2D eigenvalue weighted by Crippen LogP contribution is -2.49. The summed E-state index contributed by atoms with van der Waals surface area (Å²) in [5.41, 5.74) is 2.36. The largest absolute Gasteiger partial charge is 0.396 e. The highest BCUT2D eigenvalue weighted by atomic mass is 16.3. The third-order valence-electron chi connectivity index (χ3n) is 7.45. The minimum absolute atomic E-state index is 0.303. The van der Waals surface area contributed by atoms with Gasteiger partial charge in [-0.05, 0) is 68.1 Å². The molecule has 5 atom stereocenters. The average molecular weight is 272 g/mol. The Morgan fingerprint density at radius 1 is 1.20 bits per heavy atom. The Morgan fingerprint density at radius 3 is 2.95 bits per heavy atom. The summed E-state index contributed by atoms with van der Waals surface area (Å²) in [6, 6.07) is 0. The fourth-order valence-electron chi connectivity index (χ4n) is 6.41. The molecule has 0 unspecified atom stereocenters. The van der Waals surface area contributed by atoms with Gasteiger partial charge in [-0.3, -0.25) is 0 Å². The number of hydrogen-bond acceptors (Lipinski definition) is 1. The van der Waals surface area contributed by atoms with E-state index in [1.165, 1.54) is 44.9 Å². The van der Waals surface area contributed by atoms with Crippen LogP contribution in [0.25, 0.3) is 0 Å². The summed E-state index contributed by atoms with van der Waals surface area (Å²) in [5, 5.41) is 10.0. The van der Waals surface area contributed by atoms with Crippen molar-refractivity contribution in [2.75, 3.05) is 6.61 Å². The molecule has 110 valence electrons. The molecular weight excluding hydrogens is 244 g/mol. The molecule has 4 aliphatic carbocycles. The quantitative estimate of drug-likeness (QED) is 0.698. The number of hydrogen-bond donors (Lipinski definition) is 1. The van der Waals surface area contributed by atoms with E-state index in [0.717, 1.165) is 24.2 Å². The summed E-state index contributed by atoms with van der Waals surface area (Å²) in [7, 11) is 0. The van der Waals surface area contributed by atoms with E-state index in [1.807, 2.05) is 0 Å². The Labute approximate surface area is 123 Å². The predicted octanol–water partition coefficient (Wildman–Crippen LogP) is 4.48. The van der Waals surface area contributed by atoms with Gasteiger partial charge in [0.05, 0.1) is 0 Å². The Bertz CT molecular complexity index is 462. The number of allylic oxidation sites excluding steroid dienone is 4. The van der Waals surface area contributed by atoms with E-state index in [1.54, 1.807) is 5.57 Å². The van der Waals surface area contributed by atoms with Gasteiger partial charge in [-0.15, -0.1) is 0 Å². The lowest BCUT2D eigenvalue weighted by Gasteiger charge is -2.56. The summed E-state index contributed by atoms with van der Waals surface area (Å²) in [6.45, 7) is 2.93. The zero-order chi connectivity index (χ0) is 13.8. The first-order valence-electron chi connectivity index (χ1n) is 8.68. The second kappa shape index (κ2) is 4.47. The SMILES string of the molecule is C[C@]12C=CCC=C1CC[C@H]1[C@@H]3CCC[C@@]3(CO)CC[C@@H]12. The van der Waals surface area contributed by atoms with Crippen molar-refractivity contribution in [1.82, 2.24) is 0 Å². The van der Waals surface area contributed by atoms with Gasteiger partial charge >= 0.3 is 0 Å². The van der Waals surface area contributed by atoms with Crippen molar-refractivity contribution >= 4 is 0 Å². The average Bonchev–Trinajstić information content (AvgIpc) is 2.91. The van der Waals surface area contributed by atoms with E-state index in [2.05, 4.69) is 25.2 Å². The van der Waals surface area contributed by atoms with E-state index in [-0.39, 0.29) is 0 Å². The van der Waals surface area contributed by atoms with Gasteiger partial charge < -0.3 is 5.11 Å². The van der Waals surface area contributed by atoms with Gasteiger partial charge in [-0.2, -0.15) is 0 Å². The fourth-order valence-corrected chi connectivity index (χ4v) is 6.41. The molecule has 1 N–H and O–H groups in total. The van der Waals surface area contributed by atoms with Gasteiger partial charge in [0.15, 0.2) is 0 Å². The Kier molecular flexibility index (Phi) is 2.93. The van der Waals surface area contributed by atoms with Gasteiger partial charge in [-0.1, -0.05) is 37.1 Å². The van der Waals surface area contributed by atoms with Crippen LogP contribution >= 0.6 is 0 Å². The number of aliphatic hydroxyl groups excluding tert-OH is 1. The second-order valence-corrected chi connectivity index (χ2v) is 8.02. The molecule has 0 bridgehead atoms. The predicted molar refractivity (Wildman–Crippen MR) is 82.3 cm³/mol. The van der Waals surface area contributed by atoms with Crippen LogP contribution in [0.5, 0.6) is 0 Å². The van der Waals surface area contributed by atoms with Gasteiger partial charge in [0.25, 0.3) is 0 Å². The van der Waals surface area contributed by atoms with Gasteiger partial charge in [-0.25, -0.2) is 0 Å². The van der Waals surface area contributed by atoms with Crippen LogP contribution in [0.4, 0.5) is 0 Å². The minimum Gasteiger partial charge on any atom is -0.396 e. The molecular formula is C19H28O. The topological polar surface area (TPSA) is 20.2 Å². The molecule has 0 aromatic heterocycles. The monoisotopic (exact) mass is 272 g/mol. The molecule has 20 heavy (non-hydrogen) atoms. The van der Waals surface area contributed by atoms with E-state index in [4.69, 9.17) is 0 Å². The molecule has 4 rings (SSSR count). The van der Waals surface area contributed by atoms with Crippen molar-refractivity contribution < 1.29 is 5.11 Å². The molecule has 0 saturated heterocycles. The van der Waals surface area contributed by atoms with E-state index in [9.17, 15) is 5.11 Å². The first kappa shape index (κ1) is 13.1. The molecule has 4 aliphatic rings. The van der Waals surface area contributed by atoms with Gasteiger partial charge in [0, 0.05) is 12.0 Å². The molecule has 1 heteroatoms. The summed E-state index contributed by atoms with van der Waals surface area (Å²) in [5.74, 6) is 2.50. The molecule has 0 aromatic rings. The highest BCUT2D eigenvalue weighted by Crippen LogP contribution is 2.64. The molecule has 0 radical (unpaired) electrons. The molecule has 0 heterocycles. The smallest absolute Gasteiger partial charge is 0.0490 e. The van der Waals surface area contributed by atoms with Crippen LogP contribution in [0.2, 0.25) is 0 Å². The van der Waals surface area contributed by atoms with Crippen LogP contribution in [0, 0.1) is 28.6 Å². The summed E-state index contributed by atoms with van der Waals surface area (Å²) in [4.78, 5) is 0. The first-order valence-corrected chi connectivity index (χ1v) is 8.68. The van der Waals surface area contributed by atoms with Gasteiger partial charge in [0.1, 0.15) is 0 Å². The third kappa shape index (κ3) is 1.59. The van der Waals surface area contributed by atoms with Crippen LogP contribution < -0.4 is 0 Å². The van der Waals surface area contributed by atoms with Crippen LogP contribution in [0.3, 0.4) is 0 Å². The zero-order valence-corrected chi connectivity index (χ0v) is 12.8. The first-order chi connectivity index (χ1) is 9.70. The van der Waals surface area contributed by atoms with E-state index < -0.39 is 0 Å². The van der Waals surface area contributed by atoms with Crippen LogP contribution in [-0.2, 0) is 0 Å². The molecule has 0 spiro atoms. The second-order valence-electron chi connectivity index (χ2n) is 8.02. The van der Waals surface area contributed by atoms with E-state index >= 15 is 0 Å². The zero-order valence-electron chi connectivity index (χ0n) is 12.8. The van der Waals surface area contributed by atoms with Crippen molar-refractivity contribution in [3.63, 3.8) is 0 Å². The number of fused-ring (bicyclic) bond motifs is 5. The molecule has 3 saturated carbocycles. The van der Waals surface area contributed by atoms with Crippen molar-refractivity contribution in [3.05, 3.63) is 23.8 Å². The van der Waals surface area contributed by atoms with Crippen LogP contribution in [-0.4, -0.2) is 11.7 Å². The normalized spacial score (nSPS) is 50.1. The Hall–Kier alpha value is -0.560. The molecule has 0 aliphatic heterocycles. The summed E-state index contributed by atoms with van der Waals surface area (Å²) >= 11 is 0. The van der Waals surface area contributed by atoms with Gasteiger partial charge in [0.2, 0.25) is 0 Å². The standard InChI is InChI=1S/C19H28O/c1-18-10-3-2-5-14(18)7-8-15-16(18)9-12-19(13-20)11-4-6-17(15)19/h3,5,10,15-17,20H,2,4,6-9,11-13H2,1H3/t15-,16+,17+,18+,19+/m1/s1. The van der Waals surface area contributed by atoms with Crippen molar-refractivity contribution in [2.24, 2.45) is 28.6 Å². The molecule has 0 amide bonds. The molecule has 1 nitrogen and oxygen atoms in total. The summed E-state index contributed by atoms with van der Waals surface area (Å²) < 4.78 is 0. The Morgan fingerprint density at radius 2 is 2.10 bits per heavy atom. The Balaban J connectivity index is 1.69. The van der Waals surface area contributed by atoms with Crippen molar-refractivity contribution in [3.8, 4) is 0 Å². The van der Waals surface area contributed by atoms with Crippen molar-refractivity contribution in [2.45, 2.75) is 58.3 Å². The number of aliphatic hydroxyl groups is 1. The van der Waals surface area contributed by atoms with Crippen LogP contribution in [0.15, 0.2) is 23.8 Å². The highest BCUT2D eigenvalue weighted by Gasteiger charge is 2.56. The fraction of sp³-hybridized carbons (Fsp3) is 0.789. The lowest BCUT2D eigenvalue weighted by atomic mass is 9.48. The maximum Gasteiger partial charge on any atom is 0.0490 e. The maximum absolute atomic E-state index is 10.0.